The quantitative estimate of drug-likeness (QED) is 0.402. The van der Waals surface area contributed by atoms with Crippen LogP contribution >= 0.6 is 7.55 Å². The molecule has 0 amide bonds. The minimum absolute atomic E-state index is 0.438. The third-order valence-electron chi connectivity index (χ3n) is 0.825. The smallest absolute Gasteiger partial charge is 0.0947 e. The fourth-order valence-corrected chi connectivity index (χ4v) is 0.704. The van der Waals surface area contributed by atoms with Gasteiger partial charge in [-0.15, -0.1) is 0 Å². The molecule has 42 valence electrons. The summed E-state index contributed by atoms with van der Waals surface area (Å²) in [6.07, 6.45) is 5.53. The molecule has 0 bridgehead atoms. The molecule has 0 saturated heterocycles. The van der Waals surface area contributed by atoms with Crippen LogP contribution < -0.4 is 0 Å². The Morgan fingerprint density at radius 3 is 2.00 bits per heavy atom. The van der Waals surface area contributed by atoms with Crippen LogP contribution in [-0.2, 0) is 0 Å². The molecule has 1 heteroatoms. The van der Waals surface area contributed by atoms with Gasteiger partial charge in [0.1, 0.15) is 11.1 Å². The molecule has 0 fully saturated rings. The number of allylic oxidation sites excluding steroid dienone is 2. The molecule has 0 nitrogen and oxygen atoms in total. The number of hydrogen-bond donors (Lipinski definition) is 0. The fourth-order valence-electron chi connectivity index (χ4n) is 0.235. The van der Waals surface area contributed by atoms with Crippen LogP contribution in [0.3, 0.4) is 0 Å². The van der Waals surface area contributed by atoms with E-state index in [0.29, 0.717) is 0 Å². The molecule has 0 aliphatic heterocycles. The van der Waals surface area contributed by atoms with Crippen LogP contribution in [-0.4, -0.2) is 6.30 Å². The molecule has 0 saturated carbocycles. The lowest BCUT2D eigenvalue weighted by molar-refractivity contribution is 2.04. The van der Waals surface area contributed by atoms with Crippen LogP contribution in [0.15, 0.2) is 36.9 Å². The van der Waals surface area contributed by atoms with Crippen molar-refractivity contribution in [2.75, 3.05) is 0 Å². The van der Waals surface area contributed by atoms with Crippen LogP contribution in [0.5, 0.6) is 0 Å². The monoisotopic (exact) mass is 125 g/mol. The van der Waals surface area contributed by atoms with E-state index in [0.717, 1.165) is 5.31 Å². The number of rotatable bonds is 3. The predicted molar refractivity (Wildman–Crippen MR) is 43.6 cm³/mol. The minimum atomic E-state index is -0.438. The molecule has 0 aromatic heterocycles. The van der Waals surface area contributed by atoms with Gasteiger partial charge in [-0.1, -0.05) is 13.2 Å². The van der Waals surface area contributed by atoms with Gasteiger partial charge in [0.25, 0.3) is 0 Å². The zero-order valence-corrected chi connectivity index (χ0v) is 5.82. The van der Waals surface area contributed by atoms with Crippen molar-refractivity contribution in [3.63, 3.8) is 0 Å². The lowest BCUT2D eigenvalue weighted by atomic mass is 10.6. The molecule has 0 aliphatic carbocycles. The van der Waals surface area contributed by atoms with Crippen molar-refractivity contribution in [2.24, 2.45) is 0 Å². The van der Waals surface area contributed by atoms with Crippen LogP contribution in [0.1, 0.15) is 0 Å². The maximum Gasteiger partial charge on any atom is 0.153 e. The highest BCUT2D eigenvalue weighted by Gasteiger charge is 1.99. The van der Waals surface area contributed by atoms with Gasteiger partial charge in [0.05, 0.1) is 6.30 Å². The lowest BCUT2D eigenvalue weighted by Gasteiger charge is -1.78. The van der Waals surface area contributed by atoms with Gasteiger partial charge in [-0.25, -0.2) is 0 Å². The summed E-state index contributed by atoms with van der Waals surface area (Å²) in [6, 6.07) is 0. The summed E-state index contributed by atoms with van der Waals surface area (Å²) in [6.45, 7) is 10.9. The summed E-state index contributed by atoms with van der Waals surface area (Å²) in [4.78, 5) is 0. The van der Waals surface area contributed by atoms with E-state index in [-0.39, 0.29) is 0 Å². The topological polar surface area (TPSA) is 0 Å². The molecule has 0 aliphatic rings. The molecule has 8 heavy (non-hydrogen) atoms. The van der Waals surface area contributed by atoms with Crippen molar-refractivity contribution in [1.82, 2.24) is 0 Å². The van der Waals surface area contributed by atoms with Gasteiger partial charge in [-0.3, -0.25) is 0 Å². The maximum absolute atomic E-state index is 3.80. The first-order valence-electron chi connectivity index (χ1n) is 2.26. The van der Waals surface area contributed by atoms with Crippen molar-refractivity contribution in [2.45, 2.75) is 0 Å². The van der Waals surface area contributed by atoms with Gasteiger partial charge in [0.2, 0.25) is 0 Å². The first-order valence-corrected chi connectivity index (χ1v) is 3.85. The van der Waals surface area contributed by atoms with Gasteiger partial charge in [-0.05, 0) is 12.7 Å². The highest BCUT2D eigenvalue weighted by molar-refractivity contribution is 7.63. The summed E-state index contributed by atoms with van der Waals surface area (Å²) in [5.74, 6) is 1.80. The molecule has 0 aromatic carbocycles. The first kappa shape index (κ1) is 7.39. The molecule has 1 atom stereocenters. The third kappa shape index (κ3) is 1.90. The van der Waals surface area contributed by atoms with Gasteiger partial charge < -0.3 is 0 Å². The molecule has 0 radical (unpaired) electrons. The summed E-state index contributed by atoms with van der Waals surface area (Å²) < 4.78 is 0. The largest absolute Gasteiger partial charge is 0.153 e. The third-order valence-corrected chi connectivity index (χ3v) is 2.19. The van der Waals surface area contributed by atoms with E-state index in [2.05, 4.69) is 26.0 Å². The SMILES string of the molecule is C=CC(=C)[P+](=C)C=C. The Kier molecular flexibility index (Phi) is 3.14. The highest BCUT2D eigenvalue weighted by Crippen LogP contribution is 2.30. The number of hydrogen-bond acceptors (Lipinski definition) is 0. The van der Waals surface area contributed by atoms with E-state index in [1.54, 1.807) is 11.9 Å². The molecular formula is C7H10P+. The summed E-state index contributed by atoms with van der Waals surface area (Å²) in [5, 5.41) is 0.981. The molecule has 0 N–H and O–H groups in total. The Morgan fingerprint density at radius 1 is 1.38 bits per heavy atom. The zero-order valence-electron chi connectivity index (χ0n) is 4.93. The van der Waals surface area contributed by atoms with Gasteiger partial charge >= 0.3 is 0 Å². The van der Waals surface area contributed by atoms with Crippen LogP contribution in [0, 0.1) is 0 Å². The molecule has 0 spiro atoms. The molecular weight excluding hydrogens is 115 g/mol. The normalized spacial score (nSPS) is 9.75. The Bertz CT molecular complexity index is 124. The van der Waals surface area contributed by atoms with E-state index in [1.807, 2.05) is 0 Å². The average Bonchev–Trinajstić information content (AvgIpc) is 1.84. The van der Waals surface area contributed by atoms with Gasteiger partial charge in [0.15, 0.2) is 7.55 Å². The maximum atomic E-state index is 3.80. The molecule has 0 heterocycles. The second-order valence-electron chi connectivity index (χ2n) is 1.35. The van der Waals surface area contributed by atoms with Gasteiger partial charge in [0, 0.05) is 0 Å². The van der Waals surface area contributed by atoms with Crippen LogP contribution in [0.25, 0.3) is 0 Å². The van der Waals surface area contributed by atoms with E-state index >= 15 is 0 Å². The molecule has 0 aromatic rings. The predicted octanol–water partition coefficient (Wildman–Crippen LogP) is 2.74. The summed E-state index contributed by atoms with van der Waals surface area (Å²) in [7, 11) is -0.438. The Labute approximate surface area is 51.6 Å². The van der Waals surface area contributed by atoms with E-state index in [4.69, 9.17) is 0 Å². The second kappa shape index (κ2) is 3.40. The zero-order chi connectivity index (χ0) is 6.57. The van der Waals surface area contributed by atoms with Crippen LogP contribution in [0.4, 0.5) is 0 Å². The van der Waals surface area contributed by atoms with Crippen molar-refractivity contribution in [1.29, 1.82) is 0 Å². The highest BCUT2D eigenvalue weighted by atomic mass is 31.1. The van der Waals surface area contributed by atoms with E-state index in [1.165, 1.54) is 0 Å². The first-order chi connectivity index (χ1) is 3.72. The van der Waals surface area contributed by atoms with E-state index in [9.17, 15) is 0 Å². The molecule has 0 rings (SSSR count). The summed E-state index contributed by atoms with van der Waals surface area (Å²) >= 11 is 0. The Morgan fingerprint density at radius 2 is 1.88 bits per heavy atom. The second-order valence-corrected chi connectivity index (χ2v) is 3.23. The van der Waals surface area contributed by atoms with Crippen molar-refractivity contribution in [3.8, 4) is 0 Å². The minimum Gasteiger partial charge on any atom is -0.0947 e. The van der Waals surface area contributed by atoms with Crippen molar-refractivity contribution >= 4 is 13.8 Å². The summed E-state index contributed by atoms with van der Waals surface area (Å²) in [5.41, 5.74) is 0. The fraction of sp³-hybridized carbons (Fsp3) is 0. The average molecular weight is 125 g/mol. The standard InChI is InChI=1S/C7H10P/c1-5-7(3)8(4)6-2/h5-6H,1-4H2/q+1. The Balaban J connectivity index is 4.02. The van der Waals surface area contributed by atoms with E-state index < -0.39 is 7.55 Å². The Hall–Kier alpha value is -0.610. The van der Waals surface area contributed by atoms with Gasteiger partial charge in [-0.2, -0.15) is 0 Å². The lowest BCUT2D eigenvalue weighted by Crippen LogP contribution is -1.57. The van der Waals surface area contributed by atoms with Crippen molar-refractivity contribution in [3.05, 3.63) is 36.9 Å². The van der Waals surface area contributed by atoms with Crippen molar-refractivity contribution < 1.29 is 0 Å². The molecule has 1 unspecified atom stereocenters. The van der Waals surface area contributed by atoms with Crippen LogP contribution in [0.2, 0.25) is 0 Å².